The van der Waals surface area contributed by atoms with Crippen LogP contribution < -0.4 is 4.74 Å². The number of ether oxygens (including phenoxy) is 2. The van der Waals surface area contributed by atoms with Crippen molar-refractivity contribution in [3.8, 4) is 22.6 Å². The summed E-state index contributed by atoms with van der Waals surface area (Å²) in [6, 6.07) is 17.2. The Bertz CT molecular complexity index is 841. The quantitative estimate of drug-likeness (QED) is 0.672. The highest BCUT2D eigenvalue weighted by molar-refractivity contribution is 5.95. The number of hydrogen-bond acceptors (Lipinski definition) is 4. The zero-order valence-corrected chi connectivity index (χ0v) is 13.6. The third kappa shape index (κ3) is 3.15. The SMILES string of the molecule is CCOC(=O)c1nn(-c2cccc(OC)c2)cc1-c1ccccc1. The first-order valence-corrected chi connectivity index (χ1v) is 7.69. The van der Waals surface area contributed by atoms with Gasteiger partial charge in [-0.1, -0.05) is 36.4 Å². The minimum absolute atomic E-state index is 0.297. The van der Waals surface area contributed by atoms with Crippen LogP contribution in [0.2, 0.25) is 0 Å². The van der Waals surface area contributed by atoms with Gasteiger partial charge in [-0.15, -0.1) is 0 Å². The summed E-state index contributed by atoms with van der Waals surface area (Å²) in [7, 11) is 1.61. The number of methoxy groups -OCH3 is 1. The number of aromatic nitrogens is 2. The average molecular weight is 322 g/mol. The fourth-order valence-corrected chi connectivity index (χ4v) is 2.44. The maximum absolute atomic E-state index is 12.3. The molecule has 0 fully saturated rings. The van der Waals surface area contributed by atoms with Gasteiger partial charge in [0.25, 0.3) is 0 Å². The van der Waals surface area contributed by atoms with E-state index in [4.69, 9.17) is 9.47 Å². The molecule has 0 radical (unpaired) electrons. The normalized spacial score (nSPS) is 10.4. The van der Waals surface area contributed by atoms with E-state index in [0.717, 1.165) is 22.6 Å². The second-order valence-electron chi connectivity index (χ2n) is 5.12. The van der Waals surface area contributed by atoms with Crippen LogP contribution in [0, 0.1) is 0 Å². The lowest BCUT2D eigenvalue weighted by molar-refractivity contribution is 0.0520. The molecule has 0 saturated heterocycles. The Labute approximate surface area is 140 Å². The predicted octanol–water partition coefficient (Wildman–Crippen LogP) is 3.72. The van der Waals surface area contributed by atoms with E-state index < -0.39 is 5.97 Å². The average Bonchev–Trinajstić information content (AvgIpc) is 3.08. The second-order valence-corrected chi connectivity index (χ2v) is 5.12. The van der Waals surface area contributed by atoms with Crippen molar-refractivity contribution in [2.45, 2.75) is 6.92 Å². The van der Waals surface area contributed by atoms with E-state index in [2.05, 4.69) is 5.10 Å². The molecule has 0 spiro atoms. The van der Waals surface area contributed by atoms with Crippen LogP contribution in [0.3, 0.4) is 0 Å². The minimum atomic E-state index is -0.432. The van der Waals surface area contributed by atoms with Crippen LogP contribution >= 0.6 is 0 Å². The third-order valence-corrected chi connectivity index (χ3v) is 3.59. The van der Waals surface area contributed by atoms with Crippen molar-refractivity contribution < 1.29 is 14.3 Å². The molecule has 1 heterocycles. The Morgan fingerprint density at radius 2 is 1.92 bits per heavy atom. The summed E-state index contributed by atoms with van der Waals surface area (Å²) in [5.41, 5.74) is 2.75. The Morgan fingerprint density at radius 1 is 1.12 bits per heavy atom. The second kappa shape index (κ2) is 7.00. The minimum Gasteiger partial charge on any atom is -0.497 e. The fraction of sp³-hybridized carbons (Fsp3) is 0.158. The molecule has 0 aliphatic rings. The summed E-state index contributed by atoms with van der Waals surface area (Å²) in [5, 5.41) is 4.44. The highest BCUT2D eigenvalue weighted by atomic mass is 16.5. The van der Waals surface area contributed by atoms with E-state index in [0.29, 0.717) is 12.3 Å². The van der Waals surface area contributed by atoms with E-state index in [-0.39, 0.29) is 0 Å². The molecule has 0 amide bonds. The number of hydrogen-bond donors (Lipinski definition) is 0. The molecule has 1 aromatic heterocycles. The Kier molecular flexibility index (Phi) is 4.61. The van der Waals surface area contributed by atoms with Crippen LogP contribution in [0.4, 0.5) is 0 Å². The molecule has 0 atom stereocenters. The smallest absolute Gasteiger partial charge is 0.359 e. The summed E-state index contributed by atoms with van der Waals surface area (Å²) in [4.78, 5) is 12.3. The molecule has 122 valence electrons. The maximum atomic E-state index is 12.3. The summed E-state index contributed by atoms with van der Waals surface area (Å²) in [6.07, 6.45) is 1.83. The van der Waals surface area contributed by atoms with E-state index in [1.807, 2.05) is 60.8 Å². The molecule has 2 aromatic carbocycles. The van der Waals surface area contributed by atoms with Gasteiger partial charge in [0.15, 0.2) is 5.69 Å². The standard InChI is InChI=1S/C19H18N2O3/c1-3-24-19(22)18-17(14-8-5-4-6-9-14)13-21(20-18)15-10-7-11-16(12-15)23-2/h4-13H,3H2,1-2H3. The van der Waals surface area contributed by atoms with Gasteiger partial charge in [-0.25, -0.2) is 9.48 Å². The number of rotatable bonds is 5. The van der Waals surface area contributed by atoms with E-state index in [9.17, 15) is 4.79 Å². The number of benzene rings is 2. The molecular formula is C19H18N2O3. The van der Waals surface area contributed by atoms with Crippen LogP contribution in [0.5, 0.6) is 5.75 Å². The first kappa shape index (κ1) is 15.8. The van der Waals surface area contributed by atoms with Crippen LogP contribution in [-0.2, 0) is 4.74 Å². The molecule has 5 heteroatoms. The molecular weight excluding hydrogens is 304 g/mol. The molecule has 5 nitrogen and oxygen atoms in total. The summed E-state index contributed by atoms with van der Waals surface area (Å²) in [5.74, 6) is 0.292. The van der Waals surface area contributed by atoms with Gasteiger partial charge in [-0.3, -0.25) is 0 Å². The molecule has 0 unspecified atom stereocenters. The van der Waals surface area contributed by atoms with Crippen molar-refractivity contribution >= 4 is 5.97 Å². The highest BCUT2D eigenvalue weighted by Gasteiger charge is 2.19. The third-order valence-electron chi connectivity index (χ3n) is 3.59. The number of nitrogens with zero attached hydrogens (tertiary/aromatic N) is 2. The van der Waals surface area contributed by atoms with Gasteiger partial charge in [0, 0.05) is 17.8 Å². The molecule has 0 N–H and O–H groups in total. The van der Waals surface area contributed by atoms with Crippen molar-refractivity contribution in [1.29, 1.82) is 0 Å². The van der Waals surface area contributed by atoms with Gasteiger partial charge in [0.1, 0.15) is 5.75 Å². The highest BCUT2D eigenvalue weighted by Crippen LogP contribution is 2.26. The Balaban J connectivity index is 2.10. The summed E-state index contributed by atoms with van der Waals surface area (Å²) >= 11 is 0. The van der Waals surface area contributed by atoms with Crippen molar-refractivity contribution in [2.24, 2.45) is 0 Å². The fourth-order valence-electron chi connectivity index (χ4n) is 2.44. The Morgan fingerprint density at radius 3 is 2.62 bits per heavy atom. The van der Waals surface area contributed by atoms with Gasteiger partial charge in [0.2, 0.25) is 0 Å². The first-order valence-electron chi connectivity index (χ1n) is 7.69. The molecule has 0 aliphatic heterocycles. The molecule has 24 heavy (non-hydrogen) atoms. The van der Waals surface area contributed by atoms with Crippen LogP contribution in [0.25, 0.3) is 16.8 Å². The monoisotopic (exact) mass is 322 g/mol. The van der Waals surface area contributed by atoms with E-state index in [1.165, 1.54) is 0 Å². The van der Waals surface area contributed by atoms with Crippen molar-refractivity contribution in [3.05, 3.63) is 66.5 Å². The number of carbonyl (C=O) groups is 1. The van der Waals surface area contributed by atoms with Gasteiger partial charge in [-0.05, 0) is 24.6 Å². The summed E-state index contributed by atoms with van der Waals surface area (Å²) < 4.78 is 12.1. The zero-order valence-electron chi connectivity index (χ0n) is 13.6. The van der Waals surface area contributed by atoms with E-state index >= 15 is 0 Å². The lowest BCUT2D eigenvalue weighted by atomic mass is 10.1. The topological polar surface area (TPSA) is 53.3 Å². The zero-order chi connectivity index (χ0) is 16.9. The molecule has 0 saturated carbocycles. The van der Waals surface area contributed by atoms with Crippen molar-refractivity contribution in [2.75, 3.05) is 13.7 Å². The van der Waals surface area contributed by atoms with Crippen molar-refractivity contribution in [3.63, 3.8) is 0 Å². The number of esters is 1. The lowest BCUT2D eigenvalue weighted by Crippen LogP contribution is -2.07. The van der Waals surface area contributed by atoms with Crippen LogP contribution in [-0.4, -0.2) is 29.5 Å². The maximum Gasteiger partial charge on any atom is 0.359 e. The van der Waals surface area contributed by atoms with Gasteiger partial charge in [-0.2, -0.15) is 5.10 Å². The van der Waals surface area contributed by atoms with Crippen LogP contribution in [0.1, 0.15) is 17.4 Å². The van der Waals surface area contributed by atoms with E-state index in [1.54, 1.807) is 18.7 Å². The first-order chi connectivity index (χ1) is 11.7. The largest absolute Gasteiger partial charge is 0.497 e. The molecule has 0 aliphatic carbocycles. The van der Waals surface area contributed by atoms with Crippen molar-refractivity contribution in [1.82, 2.24) is 9.78 Å². The molecule has 3 rings (SSSR count). The predicted molar refractivity (Wildman–Crippen MR) is 91.5 cm³/mol. The Hall–Kier alpha value is -3.08. The van der Waals surface area contributed by atoms with Gasteiger partial charge >= 0.3 is 5.97 Å². The lowest BCUT2D eigenvalue weighted by Gasteiger charge is -2.04. The van der Waals surface area contributed by atoms with Gasteiger partial charge in [0.05, 0.1) is 19.4 Å². The molecule has 3 aromatic rings. The summed E-state index contributed by atoms with van der Waals surface area (Å²) in [6.45, 7) is 2.08. The number of carbonyl (C=O) groups excluding carboxylic acids is 1. The van der Waals surface area contributed by atoms with Crippen LogP contribution in [0.15, 0.2) is 60.8 Å². The van der Waals surface area contributed by atoms with Gasteiger partial charge < -0.3 is 9.47 Å². The molecule has 0 bridgehead atoms.